The second-order valence-electron chi connectivity index (χ2n) is 5.71. The summed E-state index contributed by atoms with van der Waals surface area (Å²) in [6.45, 7) is 0. The van der Waals surface area contributed by atoms with Crippen LogP contribution in [0.5, 0.6) is 0 Å². The molecule has 1 aliphatic heterocycles. The number of carboxylic acids is 1. The van der Waals surface area contributed by atoms with Crippen molar-refractivity contribution in [3.63, 3.8) is 0 Å². The highest BCUT2D eigenvalue weighted by atomic mass is 32.2. The molecule has 2 rings (SSSR count). The van der Waals surface area contributed by atoms with Crippen LogP contribution in [0.1, 0.15) is 28.8 Å². The maximum Gasteiger partial charge on any atom is 0.265 e. The van der Waals surface area contributed by atoms with Gasteiger partial charge in [0.1, 0.15) is 4.32 Å². The van der Waals surface area contributed by atoms with Gasteiger partial charge in [0.15, 0.2) is 0 Å². The minimum atomic E-state index is -1.50. The third-order valence-corrected chi connectivity index (χ3v) is 5.21. The number of carbonyl (C=O) groups is 4. The molecule has 142 valence electrons. The summed E-state index contributed by atoms with van der Waals surface area (Å²) in [6.07, 6.45) is 1.31. The van der Waals surface area contributed by atoms with Crippen molar-refractivity contribution in [1.82, 2.24) is 10.2 Å². The molecule has 1 saturated heterocycles. The average molecular weight is 406 g/mol. The van der Waals surface area contributed by atoms with Gasteiger partial charge in [0.25, 0.3) is 11.8 Å². The van der Waals surface area contributed by atoms with E-state index in [9.17, 15) is 24.3 Å². The lowest BCUT2D eigenvalue weighted by atomic mass is 10.1. The Morgan fingerprint density at radius 3 is 2.44 bits per heavy atom. The zero-order chi connectivity index (χ0) is 20.1. The van der Waals surface area contributed by atoms with Crippen molar-refractivity contribution in [2.24, 2.45) is 5.73 Å². The number of benzene rings is 1. The number of thioether (sulfide) groups is 1. The first kappa shape index (κ1) is 20.6. The number of rotatable bonds is 7. The Morgan fingerprint density at radius 2 is 1.96 bits per heavy atom. The molecule has 3 N–H and O–H groups in total. The number of thiocarbonyl (C=S) groups is 1. The van der Waals surface area contributed by atoms with Gasteiger partial charge in [0.05, 0.1) is 16.9 Å². The zero-order valence-corrected chi connectivity index (χ0v) is 15.9. The van der Waals surface area contributed by atoms with Gasteiger partial charge in [-0.1, -0.05) is 36.1 Å². The predicted molar refractivity (Wildman–Crippen MR) is 102 cm³/mol. The first-order chi connectivity index (χ1) is 12.7. The summed E-state index contributed by atoms with van der Waals surface area (Å²) in [6, 6.07) is 4.90. The van der Waals surface area contributed by atoms with E-state index in [4.69, 9.17) is 18.0 Å². The number of nitrogens with two attached hydrogens (primary N) is 1. The van der Waals surface area contributed by atoms with Crippen LogP contribution in [0.4, 0.5) is 0 Å². The van der Waals surface area contributed by atoms with Gasteiger partial charge in [0, 0.05) is 19.0 Å². The van der Waals surface area contributed by atoms with Crippen molar-refractivity contribution in [2.45, 2.75) is 18.9 Å². The number of nitrogens with zero attached hydrogens (tertiary/aromatic N) is 1. The molecule has 10 heteroatoms. The lowest BCUT2D eigenvalue weighted by Gasteiger charge is -2.19. The normalized spacial score (nSPS) is 16.5. The number of carboxylic acid groups (broad SMARTS) is 1. The van der Waals surface area contributed by atoms with E-state index >= 15 is 0 Å². The quantitative estimate of drug-likeness (QED) is 0.466. The summed E-state index contributed by atoms with van der Waals surface area (Å²) in [4.78, 5) is 47.9. The van der Waals surface area contributed by atoms with Gasteiger partial charge in [-0.3, -0.25) is 19.3 Å². The van der Waals surface area contributed by atoms with Crippen LogP contribution >= 0.6 is 24.0 Å². The maximum atomic E-state index is 12.2. The Morgan fingerprint density at radius 1 is 1.33 bits per heavy atom. The molecule has 0 aliphatic carbocycles. The number of carbonyl (C=O) groups excluding carboxylic acids is 4. The Kier molecular flexibility index (Phi) is 6.70. The predicted octanol–water partition coefficient (Wildman–Crippen LogP) is -0.369. The van der Waals surface area contributed by atoms with Crippen molar-refractivity contribution < 1.29 is 24.3 Å². The van der Waals surface area contributed by atoms with Gasteiger partial charge >= 0.3 is 0 Å². The molecule has 1 atom stereocenters. The number of hydrogen-bond acceptors (Lipinski definition) is 7. The van der Waals surface area contributed by atoms with Crippen molar-refractivity contribution >= 4 is 58.1 Å². The van der Waals surface area contributed by atoms with Crippen LogP contribution in [-0.4, -0.2) is 46.0 Å². The first-order valence-electron chi connectivity index (χ1n) is 7.80. The molecule has 8 nitrogen and oxygen atoms in total. The van der Waals surface area contributed by atoms with E-state index < -0.39 is 23.8 Å². The van der Waals surface area contributed by atoms with Crippen LogP contribution in [0.2, 0.25) is 0 Å². The van der Waals surface area contributed by atoms with Gasteiger partial charge in [-0.25, -0.2) is 0 Å². The van der Waals surface area contributed by atoms with Crippen LogP contribution in [0.3, 0.4) is 0 Å². The molecule has 0 bridgehead atoms. The number of hydrogen-bond donors (Lipinski definition) is 2. The topological polar surface area (TPSA) is 133 Å². The van der Waals surface area contributed by atoms with Gasteiger partial charge in [-0.05, 0) is 30.2 Å². The van der Waals surface area contributed by atoms with E-state index in [1.807, 2.05) is 0 Å². The molecule has 1 aromatic rings. The van der Waals surface area contributed by atoms with Crippen LogP contribution in [-0.2, 0) is 14.4 Å². The van der Waals surface area contributed by atoms with Crippen LogP contribution in [0.15, 0.2) is 29.2 Å². The molecule has 0 aromatic heterocycles. The zero-order valence-electron chi connectivity index (χ0n) is 14.3. The van der Waals surface area contributed by atoms with Gasteiger partial charge in [-0.15, -0.1) is 0 Å². The molecular formula is C17H16N3O5S2-. The Labute approximate surface area is 164 Å². The Hall–Kier alpha value is -2.72. The van der Waals surface area contributed by atoms with E-state index in [1.54, 1.807) is 25.3 Å². The second kappa shape index (κ2) is 8.78. The van der Waals surface area contributed by atoms with Crippen molar-refractivity contribution in [1.29, 1.82) is 0 Å². The lowest BCUT2D eigenvalue weighted by Crippen LogP contribution is -2.48. The van der Waals surface area contributed by atoms with Gasteiger partial charge in [-0.2, -0.15) is 0 Å². The monoisotopic (exact) mass is 406 g/mol. The molecular weight excluding hydrogens is 390 g/mol. The number of aliphatic carboxylic acids is 1. The fraction of sp³-hybridized carbons (Fsp3) is 0.235. The molecule has 1 fully saturated rings. The lowest BCUT2D eigenvalue weighted by molar-refractivity contribution is -0.308. The van der Waals surface area contributed by atoms with Gasteiger partial charge < -0.3 is 21.0 Å². The molecule has 1 heterocycles. The van der Waals surface area contributed by atoms with E-state index in [1.165, 1.54) is 28.8 Å². The van der Waals surface area contributed by atoms with Crippen molar-refractivity contribution in [3.05, 3.63) is 40.3 Å². The summed E-state index contributed by atoms with van der Waals surface area (Å²) >= 11 is 6.24. The van der Waals surface area contributed by atoms with E-state index in [0.717, 1.165) is 0 Å². The summed E-state index contributed by atoms with van der Waals surface area (Å²) in [5.74, 6) is -2.99. The number of primary amides is 1. The molecule has 1 aliphatic rings. The van der Waals surface area contributed by atoms with E-state index in [0.29, 0.717) is 14.8 Å². The Balaban J connectivity index is 2.06. The molecule has 0 spiro atoms. The fourth-order valence-electron chi connectivity index (χ4n) is 2.20. The average Bonchev–Trinajstić information content (AvgIpc) is 2.85. The summed E-state index contributed by atoms with van der Waals surface area (Å²) < 4.78 is 0.464. The smallest absolute Gasteiger partial charge is 0.265 e. The molecule has 0 unspecified atom stereocenters. The van der Waals surface area contributed by atoms with Crippen molar-refractivity contribution in [2.75, 3.05) is 7.05 Å². The minimum Gasteiger partial charge on any atom is -0.548 e. The number of nitrogens with one attached hydrogen (secondary N) is 1. The summed E-state index contributed by atoms with van der Waals surface area (Å²) in [5, 5.41) is 13.4. The highest BCUT2D eigenvalue weighted by Crippen LogP contribution is 2.31. The van der Waals surface area contributed by atoms with Crippen molar-refractivity contribution in [3.8, 4) is 0 Å². The van der Waals surface area contributed by atoms with Crippen LogP contribution in [0.25, 0.3) is 6.08 Å². The largest absolute Gasteiger partial charge is 0.548 e. The molecule has 27 heavy (non-hydrogen) atoms. The molecule has 1 aromatic carbocycles. The summed E-state index contributed by atoms with van der Waals surface area (Å²) in [5.41, 5.74) is 5.89. The number of likely N-dealkylation sites (N-methyl/N-ethyl adjacent to an activating group) is 1. The third kappa shape index (κ3) is 5.38. The minimum absolute atomic E-state index is 0.152. The highest BCUT2D eigenvalue weighted by Gasteiger charge is 2.28. The van der Waals surface area contributed by atoms with Crippen LogP contribution < -0.4 is 16.2 Å². The maximum absolute atomic E-state index is 12.2. The van der Waals surface area contributed by atoms with E-state index in [2.05, 4.69) is 5.32 Å². The molecule has 3 amide bonds. The van der Waals surface area contributed by atoms with Crippen LogP contribution in [0, 0.1) is 0 Å². The van der Waals surface area contributed by atoms with E-state index in [-0.39, 0.29) is 24.3 Å². The molecule has 0 radical (unpaired) electrons. The molecule has 0 saturated carbocycles. The third-order valence-electron chi connectivity index (χ3n) is 3.73. The SMILES string of the molecule is CN1C(=O)/C(=C\c2ccc(C(=O)N[C@@H](CCC(N)=O)C(=O)[O-])cc2)SC1=S. The Bertz CT molecular complexity index is 835. The fourth-order valence-corrected chi connectivity index (χ4v) is 3.38. The summed E-state index contributed by atoms with van der Waals surface area (Å²) in [7, 11) is 1.60. The second-order valence-corrected chi connectivity index (χ2v) is 7.39. The number of amides is 3. The standard InChI is InChI=1S/C17H17N3O5S2/c1-20-15(23)12(27-17(20)26)8-9-2-4-10(5-3-9)14(22)19-11(16(24)25)6-7-13(18)21/h2-5,8,11H,6-7H2,1H3,(H2,18,21)(H,19,22)(H,24,25)/p-1/b12-8+/t11-/m0/s1. The highest BCUT2D eigenvalue weighted by molar-refractivity contribution is 8.26. The van der Waals surface area contributed by atoms with Gasteiger partial charge in [0.2, 0.25) is 5.91 Å². The first-order valence-corrected chi connectivity index (χ1v) is 9.03.